The SMILES string of the molecule is CC(NCCCN1CCc2ccccc21)C(=O)O. The van der Waals surface area contributed by atoms with E-state index in [1.165, 1.54) is 11.3 Å². The van der Waals surface area contributed by atoms with E-state index in [4.69, 9.17) is 5.11 Å². The van der Waals surface area contributed by atoms with Crippen molar-refractivity contribution in [3.63, 3.8) is 0 Å². The molecule has 0 aromatic heterocycles. The number of benzene rings is 1. The van der Waals surface area contributed by atoms with E-state index in [0.29, 0.717) is 0 Å². The van der Waals surface area contributed by atoms with Gasteiger partial charge < -0.3 is 15.3 Å². The standard InChI is InChI=1S/C14H20N2O2/c1-11(14(17)18)15-8-4-9-16-10-7-12-5-2-3-6-13(12)16/h2-3,5-6,11,15H,4,7-10H2,1H3,(H,17,18). The van der Waals surface area contributed by atoms with Gasteiger partial charge in [0.2, 0.25) is 0 Å². The highest BCUT2D eigenvalue weighted by molar-refractivity contribution is 5.72. The van der Waals surface area contributed by atoms with Crippen LogP contribution in [0.4, 0.5) is 5.69 Å². The summed E-state index contributed by atoms with van der Waals surface area (Å²) in [4.78, 5) is 13.0. The highest BCUT2D eigenvalue weighted by Crippen LogP contribution is 2.27. The van der Waals surface area contributed by atoms with Gasteiger partial charge in [0, 0.05) is 18.8 Å². The van der Waals surface area contributed by atoms with Gasteiger partial charge in [-0.2, -0.15) is 0 Å². The molecule has 0 bridgehead atoms. The number of aliphatic carboxylic acids is 1. The van der Waals surface area contributed by atoms with E-state index in [1.807, 2.05) is 0 Å². The molecule has 0 aliphatic carbocycles. The molecule has 1 atom stereocenters. The Morgan fingerprint density at radius 1 is 1.50 bits per heavy atom. The molecule has 18 heavy (non-hydrogen) atoms. The van der Waals surface area contributed by atoms with Crippen LogP contribution < -0.4 is 10.2 Å². The van der Waals surface area contributed by atoms with E-state index in [9.17, 15) is 4.79 Å². The Morgan fingerprint density at radius 3 is 3.06 bits per heavy atom. The second kappa shape index (κ2) is 5.87. The number of carboxylic acids is 1. The first-order chi connectivity index (χ1) is 8.68. The van der Waals surface area contributed by atoms with Gasteiger partial charge in [-0.05, 0) is 37.9 Å². The third kappa shape index (κ3) is 3.01. The zero-order valence-corrected chi connectivity index (χ0v) is 10.7. The topological polar surface area (TPSA) is 52.6 Å². The molecule has 0 saturated carbocycles. The number of fused-ring (bicyclic) bond motifs is 1. The molecule has 1 aromatic rings. The quantitative estimate of drug-likeness (QED) is 0.749. The van der Waals surface area contributed by atoms with Gasteiger partial charge in [-0.25, -0.2) is 0 Å². The lowest BCUT2D eigenvalue weighted by molar-refractivity contribution is -0.138. The first kappa shape index (κ1) is 12.9. The molecule has 4 nitrogen and oxygen atoms in total. The van der Waals surface area contributed by atoms with Crippen molar-refractivity contribution in [2.75, 3.05) is 24.5 Å². The molecule has 1 heterocycles. The lowest BCUT2D eigenvalue weighted by atomic mass is 10.2. The second-order valence-corrected chi connectivity index (χ2v) is 4.73. The third-order valence-electron chi connectivity index (χ3n) is 3.41. The van der Waals surface area contributed by atoms with Gasteiger partial charge in [0.25, 0.3) is 0 Å². The maximum Gasteiger partial charge on any atom is 0.320 e. The van der Waals surface area contributed by atoms with Gasteiger partial charge in [0.15, 0.2) is 0 Å². The predicted molar refractivity (Wildman–Crippen MR) is 72.1 cm³/mol. The number of carbonyl (C=O) groups is 1. The van der Waals surface area contributed by atoms with E-state index in [2.05, 4.69) is 34.5 Å². The third-order valence-corrected chi connectivity index (χ3v) is 3.41. The van der Waals surface area contributed by atoms with Crippen molar-refractivity contribution in [3.8, 4) is 0 Å². The fraction of sp³-hybridized carbons (Fsp3) is 0.500. The normalized spacial score (nSPS) is 15.5. The van der Waals surface area contributed by atoms with E-state index in [0.717, 1.165) is 32.5 Å². The molecule has 0 amide bonds. The number of hydrogen-bond acceptors (Lipinski definition) is 3. The number of rotatable bonds is 6. The maximum atomic E-state index is 10.6. The van der Waals surface area contributed by atoms with Gasteiger partial charge in [-0.15, -0.1) is 0 Å². The average Bonchev–Trinajstić information content (AvgIpc) is 2.77. The van der Waals surface area contributed by atoms with Crippen molar-refractivity contribution in [2.24, 2.45) is 0 Å². The zero-order chi connectivity index (χ0) is 13.0. The molecule has 0 saturated heterocycles. The molecule has 1 aliphatic rings. The molecule has 0 spiro atoms. The fourth-order valence-electron chi connectivity index (χ4n) is 2.31. The first-order valence-corrected chi connectivity index (χ1v) is 6.47. The van der Waals surface area contributed by atoms with Crippen molar-refractivity contribution < 1.29 is 9.90 Å². The summed E-state index contributed by atoms with van der Waals surface area (Å²) in [6.07, 6.45) is 2.08. The highest BCUT2D eigenvalue weighted by Gasteiger charge is 2.17. The van der Waals surface area contributed by atoms with Gasteiger partial charge in [-0.3, -0.25) is 4.79 Å². The first-order valence-electron chi connectivity index (χ1n) is 6.47. The fourth-order valence-corrected chi connectivity index (χ4v) is 2.31. The van der Waals surface area contributed by atoms with E-state index in [-0.39, 0.29) is 0 Å². The molecular weight excluding hydrogens is 228 g/mol. The Bertz CT molecular complexity index is 420. The molecular formula is C14H20N2O2. The zero-order valence-electron chi connectivity index (χ0n) is 10.7. The number of carboxylic acid groups (broad SMARTS) is 1. The van der Waals surface area contributed by atoms with Crippen LogP contribution in [0, 0.1) is 0 Å². The minimum Gasteiger partial charge on any atom is -0.480 e. The molecule has 0 fully saturated rings. The minimum atomic E-state index is -0.790. The van der Waals surface area contributed by atoms with E-state index >= 15 is 0 Å². The summed E-state index contributed by atoms with van der Waals surface area (Å²) in [5.41, 5.74) is 2.76. The molecule has 0 radical (unpaired) electrons. The van der Waals surface area contributed by atoms with Crippen molar-refractivity contribution >= 4 is 11.7 Å². The molecule has 1 aromatic carbocycles. The number of anilines is 1. The van der Waals surface area contributed by atoms with E-state index < -0.39 is 12.0 Å². The summed E-state index contributed by atoms with van der Waals surface area (Å²) >= 11 is 0. The Kier molecular flexibility index (Phi) is 4.20. The van der Waals surface area contributed by atoms with Crippen LogP contribution in [0.5, 0.6) is 0 Å². The smallest absolute Gasteiger partial charge is 0.320 e. The van der Waals surface area contributed by atoms with Crippen LogP contribution in [0.1, 0.15) is 18.9 Å². The number of para-hydroxylation sites is 1. The number of nitrogens with one attached hydrogen (secondary N) is 1. The maximum absolute atomic E-state index is 10.6. The summed E-state index contributed by atoms with van der Waals surface area (Å²) in [6, 6.07) is 8.03. The van der Waals surface area contributed by atoms with Gasteiger partial charge >= 0.3 is 5.97 Å². The predicted octanol–water partition coefficient (Wildman–Crippen LogP) is 1.50. The molecule has 1 unspecified atom stereocenters. The summed E-state index contributed by atoms with van der Waals surface area (Å²) in [6.45, 7) is 4.48. The van der Waals surface area contributed by atoms with Gasteiger partial charge in [0.05, 0.1) is 0 Å². The lowest BCUT2D eigenvalue weighted by Crippen LogP contribution is -2.35. The molecule has 98 valence electrons. The highest BCUT2D eigenvalue weighted by atomic mass is 16.4. The van der Waals surface area contributed by atoms with Crippen LogP contribution in [0.3, 0.4) is 0 Å². The van der Waals surface area contributed by atoms with Crippen LogP contribution in [0.25, 0.3) is 0 Å². The summed E-state index contributed by atoms with van der Waals surface area (Å²) < 4.78 is 0. The Morgan fingerprint density at radius 2 is 2.28 bits per heavy atom. The molecule has 1 aliphatic heterocycles. The van der Waals surface area contributed by atoms with Crippen LogP contribution >= 0.6 is 0 Å². The largest absolute Gasteiger partial charge is 0.480 e. The van der Waals surface area contributed by atoms with Crippen LogP contribution in [0.2, 0.25) is 0 Å². The lowest BCUT2D eigenvalue weighted by Gasteiger charge is -2.19. The Balaban J connectivity index is 1.74. The second-order valence-electron chi connectivity index (χ2n) is 4.73. The van der Waals surface area contributed by atoms with Crippen molar-refractivity contribution in [3.05, 3.63) is 29.8 Å². The molecule has 4 heteroatoms. The minimum absolute atomic E-state index is 0.462. The van der Waals surface area contributed by atoms with Gasteiger partial charge in [-0.1, -0.05) is 18.2 Å². The molecule has 2 rings (SSSR count). The van der Waals surface area contributed by atoms with Gasteiger partial charge in [0.1, 0.15) is 6.04 Å². The molecule has 2 N–H and O–H groups in total. The summed E-state index contributed by atoms with van der Waals surface area (Å²) in [7, 11) is 0. The van der Waals surface area contributed by atoms with Crippen LogP contribution in [0.15, 0.2) is 24.3 Å². The van der Waals surface area contributed by atoms with Crippen LogP contribution in [-0.4, -0.2) is 36.8 Å². The monoisotopic (exact) mass is 248 g/mol. The van der Waals surface area contributed by atoms with Crippen LogP contribution in [-0.2, 0) is 11.2 Å². The van der Waals surface area contributed by atoms with Crippen molar-refractivity contribution in [1.82, 2.24) is 5.32 Å². The van der Waals surface area contributed by atoms with E-state index in [1.54, 1.807) is 6.92 Å². The average molecular weight is 248 g/mol. The summed E-state index contributed by atoms with van der Waals surface area (Å²) in [5.74, 6) is -0.790. The number of hydrogen-bond donors (Lipinski definition) is 2. The summed E-state index contributed by atoms with van der Waals surface area (Å²) in [5, 5.41) is 11.8. The van der Waals surface area contributed by atoms with Crippen molar-refractivity contribution in [1.29, 1.82) is 0 Å². The Labute approximate surface area is 108 Å². The Hall–Kier alpha value is -1.55. The number of nitrogens with zero attached hydrogens (tertiary/aromatic N) is 1. The van der Waals surface area contributed by atoms with Crippen molar-refractivity contribution in [2.45, 2.75) is 25.8 Å².